The molecule has 0 radical (unpaired) electrons. The van der Waals surface area contributed by atoms with Crippen molar-refractivity contribution in [2.24, 2.45) is 0 Å². The maximum atomic E-state index is 13.5. The van der Waals surface area contributed by atoms with Crippen LogP contribution in [0.4, 0.5) is 0 Å². The van der Waals surface area contributed by atoms with Gasteiger partial charge in [0.15, 0.2) is 0 Å². The monoisotopic (exact) mass is 468 g/mol. The molecule has 1 atom stereocenters. The standard InChI is InChI=1S/C27H28N6O2/c1-4-23(26(34)28-15-14-19-16-29-22-13-9-8-12-21(19)22)33-27(35)24-18(3)32(20-10-6-5-7-11-20)31-25(24)17(2)30-33/h5-13,16,23,29H,4,14-15H2,1-3H3,(H,28,34)/t23-/m1/s1. The predicted octanol–water partition coefficient (Wildman–Crippen LogP) is 3.99. The van der Waals surface area contributed by atoms with Crippen LogP contribution in [0.1, 0.15) is 36.3 Å². The predicted molar refractivity (Wildman–Crippen MR) is 137 cm³/mol. The van der Waals surface area contributed by atoms with E-state index in [9.17, 15) is 9.59 Å². The van der Waals surface area contributed by atoms with Gasteiger partial charge in [-0.1, -0.05) is 43.3 Å². The summed E-state index contributed by atoms with van der Waals surface area (Å²) in [5.41, 5.74) is 4.68. The Balaban J connectivity index is 1.41. The average Bonchev–Trinajstić information content (AvgIpc) is 3.45. The number of hydrogen-bond donors (Lipinski definition) is 2. The van der Waals surface area contributed by atoms with Crippen LogP contribution < -0.4 is 10.9 Å². The molecule has 0 fully saturated rings. The van der Waals surface area contributed by atoms with E-state index in [2.05, 4.69) is 26.6 Å². The lowest BCUT2D eigenvalue weighted by Crippen LogP contribution is -2.39. The Bertz CT molecular complexity index is 1580. The molecule has 1 amide bonds. The van der Waals surface area contributed by atoms with Crippen molar-refractivity contribution in [3.8, 4) is 5.69 Å². The zero-order chi connectivity index (χ0) is 24.5. The second-order valence-corrected chi connectivity index (χ2v) is 8.72. The summed E-state index contributed by atoms with van der Waals surface area (Å²) in [7, 11) is 0. The number of aromatic nitrogens is 5. The minimum Gasteiger partial charge on any atom is -0.361 e. The fourth-order valence-corrected chi connectivity index (χ4v) is 4.66. The van der Waals surface area contributed by atoms with Crippen molar-refractivity contribution in [2.75, 3.05) is 6.54 Å². The van der Waals surface area contributed by atoms with E-state index in [1.807, 2.05) is 75.5 Å². The molecule has 2 N–H and O–H groups in total. The average molecular weight is 469 g/mol. The van der Waals surface area contributed by atoms with E-state index in [4.69, 9.17) is 0 Å². The molecule has 3 heterocycles. The van der Waals surface area contributed by atoms with Gasteiger partial charge >= 0.3 is 0 Å². The number of rotatable bonds is 7. The minimum absolute atomic E-state index is 0.214. The topological polar surface area (TPSA) is 97.6 Å². The molecule has 0 saturated carbocycles. The number of carbonyl (C=O) groups excluding carboxylic acids is 1. The van der Waals surface area contributed by atoms with Crippen LogP contribution in [0.2, 0.25) is 0 Å². The van der Waals surface area contributed by atoms with Crippen molar-refractivity contribution in [3.05, 3.63) is 88.1 Å². The third-order valence-electron chi connectivity index (χ3n) is 6.49. The maximum absolute atomic E-state index is 13.5. The Morgan fingerprint density at radius 3 is 2.57 bits per heavy atom. The van der Waals surface area contributed by atoms with Crippen molar-refractivity contribution < 1.29 is 4.79 Å². The van der Waals surface area contributed by atoms with Crippen LogP contribution in [0.15, 0.2) is 65.6 Å². The van der Waals surface area contributed by atoms with Crippen molar-refractivity contribution in [1.82, 2.24) is 29.9 Å². The molecule has 8 nitrogen and oxygen atoms in total. The lowest BCUT2D eigenvalue weighted by molar-refractivity contribution is -0.124. The fraction of sp³-hybridized carbons (Fsp3) is 0.259. The third kappa shape index (κ3) is 4.01. The highest BCUT2D eigenvalue weighted by atomic mass is 16.2. The molecule has 3 aromatic heterocycles. The number of para-hydroxylation sites is 2. The number of carbonyl (C=O) groups is 1. The molecular weight excluding hydrogens is 440 g/mol. The Morgan fingerprint density at radius 1 is 1.06 bits per heavy atom. The highest BCUT2D eigenvalue weighted by Crippen LogP contribution is 2.22. The first kappa shape index (κ1) is 22.6. The molecule has 0 unspecified atom stereocenters. The molecule has 0 aliphatic heterocycles. The summed E-state index contributed by atoms with van der Waals surface area (Å²) in [6, 6.07) is 17.1. The van der Waals surface area contributed by atoms with Gasteiger partial charge in [-0.15, -0.1) is 0 Å². The molecule has 35 heavy (non-hydrogen) atoms. The Hall–Kier alpha value is -4.20. The summed E-state index contributed by atoms with van der Waals surface area (Å²) in [6.45, 7) is 6.05. The first-order valence-electron chi connectivity index (χ1n) is 11.9. The lowest BCUT2D eigenvalue weighted by atomic mass is 10.1. The van der Waals surface area contributed by atoms with E-state index in [1.165, 1.54) is 4.68 Å². The van der Waals surface area contributed by atoms with Crippen molar-refractivity contribution in [3.63, 3.8) is 0 Å². The number of nitrogens with zero attached hydrogens (tertiary/aromatic N) is 4. The normalized spacial score (nSPS) is 12.3. The fourth-order valence-electron chi connectivity index (χ4n) is 4.66. The molecule has 0 aliphatic rings. The van der Waals surface area contributed by atoms with Crippen molar-refractivity contribution in [1.29, 1.82) is 0 Å². The van der Waals surface area contributed by atoms with Crippen molar-refractivity contribution in [2.45, 2.75) is 39.7 Å². The second-order valence-electron chi connectivity index (χ2n) is 8.72. The van der Waals surface area contributed by atoms with Gasteiger partial charge < -0.3 is 10.3 Å². The maximum Gasteiger partial charge on any atom is 0.278 e. The van der Waals surface area contributed by atoms with E-state index < -0.39 is 6.04 Å². The van der Waals surface area contributed by atoms with E-state index in [-0.39, 0.29) is 11.5 Å². The van der Waals surface area contributed by atoms with Gasteiger partial charge in [0.2, 0.25) is 5.91 Å². The van der Waals surface area contributed by atoms with E-state index >= 15 is 0 Å². The third-order valence-corrected chi connectivity index (χ3v) is 6.49. The van der Waals surface area contributed by atoms with Crippen LogP contribution in [0, 0.1) is 13.8 Å². The highest BCUT2D eigenvalue weighted by Gasteiger charge is 2.25. The largest absolute Gasteiger partial charge is 0.361 e. The number of benzene rings is 2. The van der Waals surface area contributed by atoms with Crippen LogP contribution in [0.25, 0.3) is 27.5 Å². The second kappa shape index (κ2) is 9.21. The molecule has 2 aromatic carbocycles. The molecule has 0 spiro atoms. The lowest BCUT2D eigenvalue weighted by Gasteiger charge is -2.17. The van der Waals surface area contributed by atoms with E-state index in [1.54, 1.807) is 4.68 Å². The summed E-state index contributed by atoms with van der Waals surface area (Å²) < 4.78 is 3.08. The quantitative estimate of drug-likeness (QED) is 0.377. The summed E-state index contributed by atoms with van der Waals surface area (Å²) in [6.07, 6.45) is 3.11. The SMILES string of the molecule is CC[C@H](C(=O)NCCc1c[nH]c2ccccc12)n1nc(C)c2nn(-c3ccccc3)c(C)c2c1=O. The zero-order valence-corrected chi connectivity index (χ0v) is 20.1. The van der Waals surface area contributed by atoms with Gasteiger partial charge in [-0.2, -0.15) is 10.2 Å². The molecule has 178 valence electrons. The van der Waals surface area contributed by atoms with Crippen LogP contribution in [0.3, 0.4) is 0 Å². The number of hydrogen-bond acceptors (Lipinski definition) is 4. The van der Waals surface area contributed by atoms with Crippen LogP contribution in [-0.4, -0.2) is 37.0 Å². The summed E-state index contributed by atoms with van der Waals surface area (Å²) >= 11 is 0. The van der Waals surface area contributed by atoms with Gasteiger partial charge in [0.25, 0.3) is 5.56 Å². The molecule has 5 rings (SSSR count). The molecule has 0 saturated heterocycles. The Labute approximate surface area is 202 Å². The molecule has 0 bridgehead atoms. The number of nitrogens with one attached hydrogen (secondary N) is 2. The van der Waals surface area contributed by atoms with Gasteiger partial charge in [-0.3, -0.25) is 9.59 Å². The van der Waals surface area contributed by atoms with Gasteiger partial charge in [-0.05, 0) is 50.5 Å². The Kier molecular flexibility index (Phi) is 5.94. The number of fused-ring (bicyclic) bond motifs is 2. The molecule has 0 aliphatic carbocycles. The first-order valence-corrected chi connectivity index (χ1v) is 11.9. The smallest absolute Gasteiger partial charge is 0.278 e. The summed E-state index contributed by atoms with van der Waals surface area (Å²) in [5, 5.41) is 13.8. The van der Waals surface area contributed by atoms with E-state index in [0.29, 0.717) is 36.0 Å². The molecular formula is C27H28N6O2. The summed E-state index contributed by atoms with van der Waals surface area (Å²) in [4.78, 5) is 29.9. The number of aryl methyl sites for hydroxylation is 2. The van der Waals surface area contributed by atoms with Gasteiger partial charge in [-0.25, -0.2) is 9.36 Å². The van der Waals surface area contributed by atoms with Crippen LogP contribution in [-0.2, 0) is 11.2 Å². The number of amides is 1. The van der Waals surface area contributed by atoms with E-state index in [0.717, 1.165) is 27.8 Å². The van der Waals surface area contributed by atoms with Crippen LogP contribution >= 0.6 is 0 Å². The molecule has 8 heteroatoms. The van der Waals surface area contributed by atoms with Gasteiger partial charge in [0.05, 0.1) is 22.5 Å². The highest BCUT2D eigenvalue weighted by molar-refractivity contribution is 5.85. The van der Waals surface area contributed by atoms with Crippen LogP contribution in [0.5, 0.6) is 0 Å². The van der Waals surface area contributed by atoms with Gasteiger partial charge in [0.1, 0.15) is 11.6 Å². The molecule has 5 aromatic rings. The van der Waals surface area contributed by atoms with Crippen molar-refractivity contribution >= 4 is 27.7 Å². The van der Waals surface area contributed by atoms with Gasteiger partial charge in [0, 0.05) is 23.6 Å². The zero-order valence-electron chi connectivity index (χ0n) is 20.1. The Morgan fingerprint density at radius 2 is 1.80 bits per heavy atom. The minimum atomic E-state index is -0.701. The summed E-state index contributed by atoms with van der Waals surface area (Å²) in [5.74, 6) is -0.214. The number of aromatic amines is 1. The first-order chi connectivity index (χ1) is 17.0. The number of H-pyrrole nitrogens is 1.